The Labute approximate surface area is 147 Å². The number of rotatable bonds is 6. The summed E-state index contributed by atoms with van der Waals surface area (Å²) in [4.78, 5) is 25.1. The van der Waals surface area contributed by atoms with Crippen LogP contribution >= 0.6 is 0 Å². The number of nitrogens with one attached hydrogen (secondary N) is 1. The number of benzene rings is 1. The van der Waals surface area contributed by atoms with Crippen LogP contribution in [0.5, 0.6) is 0 Å². The minimum atomic E-state index is -3.63. The van der Waals surface area contributed by atoms with Crippen LogP contribution in [-0.2, 0) is 19.6 Å². The van der Waals surface area contributed by atoms with Crippen molar-refractivity contribution in [2.45, 2.75) is 25.4 Å². The third-order valence-corrected chi connectivity index (χ3v) is 5.32. The highest BCUT2D eigenvalue weighted by molar-refractivity contribution is 7.92. The number of carboxylic acids is 1. The zero-order valence-corrected chi connectivity index (χ0v) is 15.3. The molecule has 2 rings (SSSR count). The van der Waals surface area contributed by atoms with Gasteiger partial charge in [-0.25, -0.2) is 8.42 Å². The van der Waals surface area contributed by atoms with Gasteiger partial charge in [0.25, 0.3) is 0 Å². The third kappa shape index (κ3) is 4.93. The zero-order chi connectivity index (χ0) is 18.8. The van der Waals surface area contributed by atoms with Crippen molar-refractivity contribution in [1.82, 2.24) is 10.2 Å². The first-order chi connectivity index (χ1) is 11.6. The summed E-state index contributed by atoms with van der Waals surface area (Å²) in [5, 5.41) is 11.9. The Balaban J connectivity index is 2.07. The Morgan fingerprint density at radius 2 is 2.08 bits per heavy atom. The number of sulfonamides is 1. The molecule has 0 unspecified atom stereocenters. The molecule has 2 atom stereocenters. The van der Waals surface area contributed by atoms with Gasteiger partial charge in [0.15, 0.2) is 0 Å². The second-order valence-electron chi connectivity index (χ2n) is 6.40. The SMILES string of the molecule is Cc1cccc(N(CC(=O)N[C@H]2C[C@@H](C(=O)O)N(C)C2)S(C)(=O)=O)c1. The zero-order valence-electron chi connectivity index (χ0n) is 14.5. The maximum absolute atomic E-state index is 12.3. The minimum absolute atomic E-state index is 0.293. The number of hydrogen-bond acceptors (Lipinski definition) is 5. The molecule has 1 amide bonds. The van der Waals surface area contributed by atoms with Crippen molar-refractivity contribution in [1.29, 1.82) is 0 Å². The fourth-order valence-corrected chi connectivity index (χ4v) is 3.83. The highest BCUT2D eigenvalue weighted by Gasteiger charge is 2.35. The van der Waals surface area contributed by atoms with Crippen LogP contribution in [0.3, 0.4) is 0 Å². The van der Waals surface area contributed by atoms with Gasteiger partial charge in [0.2, 0.25) is 15.9 Å². The van der Waals surface area contributed by atoms with Crippen LogP contribution in [0, 0.1) is 6.92 Å². The molecule has 0 aromatic heterocycles. The molecule has 1 aromatic carbocycles. The molecule has 1 aliphatic heterocycles. The van der Waals surface area contributed by atoms with E-state index >= 15 is 0 Å². The van der Waals surface area contributed by atoms with E-state index in [1.54, 1.807) is 30.1 Å². The van der Waals surface area contributed by atoms with E-state index in [9.17, 15) is 18.0 Å². The number of nitrogens with zero attached hydrogens (tertiary/aromatic N) is 2. The lowest BCUT2D eigenvalue weighted by molar-refractivity contribution is -0.141. The van der Waals surface area contributed by atoms with Crippen molar-refractivity contribution in [2.75, 3.05) is 30.7 Å². The third-order valence-electron chi connectivity index (χ3n) is 4.18. The smallest absolute Gasteiger partial charge is 0.320 e. The number of hydrogen-bond donors (Lipinski definition) is 2. The molecule has 2 N–H and O–H groups in total. The lowest BCUT2D eigenvalue weighted by Gasteiger charge is -2.23. The minimum Gasteiger partial charge on any atom is -0.480 e. The molecule has 25 heavy (non-hydrogen) atoms. The monoisotopic (exact) mass is 369 g/mol. The van der Waals surface area contributed by atoms with Gasteiger partial charge in [-0.1, -0.05) is 12.1 Å². The lowest BCUT2D eigenvalue weighted by atomic mass is 10.1. The fraction of sp³-hybridized carbons (Fsp3) is 0.500. The Morgan fingerprint density at radius 1 is 1.40 bits per heavy atom. The van der Waals surface area contributed by atoms with E-state index < -0.39 is 27.9 Å². The van der Waals surface area contributed by atoms with Gasteiger partial charge in [0.1, 0.15) is 12.6 Å². The summed E-state index contributed by atoms with van der Waals surface area (Å²) in [5.74, 6) is -1.40. The molecule has 0 aliphatic carbocycles. The van der Waals surface area contributed by atoms with Gasteiger partial charge in [0, 0.05) is 12.6 Å². The molecule has 1 aliphatic rings. The van der Waals surface area contributed by atoms with Gasteiger partial charge in [-0.15, -0.1) is 0 Å². The first kappa shape index (κ1) is 19.2. The van der Waals surface area contributed by atoms with Gasteiger partial charge < -0.3 is 10.4 Å². The van der Waals surface area contributed by atoms with Gasteiger partial charge in [-0.2, -0.15) is 0 Å². The van der Waals surface area contributed by atoms with Gasteiger partial charge in [-0.3, -0.25) is 18.8 Å². The Bertz CT molecular complexity index is 765. The van der Waals surface area contributed by atoms with Crippen LogP contribution in [0.1, 0.15) is 12.0 Å². The summed E-state index contributed by atoms with van der Waals surface area (Å²) >= 11 is 0. The van der Waals surface area contributed by atoms with E-state index in [-0.39, 0.29) is 12.6 Å². The molecular formula is C16H23N3O5S. The van der Waals surface area contributed by atoms with Gasteiger partial charge >= 0.3 is 5.97 Å². The maximum Gasteiger partial charge on any atom is 0.320 e. The first-order valence-corrected chi connectivity index (χ1v) is 9.69. The van der Waals surface area contributed by atoms with Crippen LogP contribution < -0.4 is 9.62 Å². The number of likely N-dealkylation sites (tertiary alicyclic amines) is 1. The summed E-state index contributed by atoms with van der Waals surface area (Å²) < 4.78 is 25.2. The number of aliphatic carboxylic acids is 1. The quantitative estimate of drug-likeness (QED) is 0.733. The Hall–Kier alpha value is -2.13. The molecule has 0 bridgehead atoms. The fourth-order valence-electron chi connectivity index (χ4n) is 2.98. The summed E-state index contributed by atoms with van der Waals surface area (Å²) in [7, 11) is -1.95. The standard InChI is InChI=1S/C16H23N3O5S/c1-11-5-4-6-13(7-11)19(25(3,23)24)10-15(20)17-12-8-14(16(21)22)18(2)9-12/h4-7,12,14H,8-10H2,1-3H3,(H,17,20)(H,21,22)/t12-,14-/m0/s1. The molecule has 8 nitrogen and oxygen atoms in total. The number of aryl methyl sites for hydroxylation is 1. The van der Waals surface area contributed by atoms with E-state index in [1.165, 1.54) is 0 Å². The van der Waals surface area contributed by atoms with Gasteiger partial charge in [0.05, 0.1) is 11.9 Å². The molecule has 1 heterocycles. The molecule has 1 saturated heterocycles. The molecule has 0 spiro atoms. The molecule has 1 aromatic rings. The summed E-state index contributed by atoms with van der Waals surface area (Å²) in [5.41, 5.74) is 1.30. The lowest BCUT2D eigenvalue weighted by Crippen LogP contribution is -2.44. The Kier molecular flexibility index (Phi) is 5.69. The van der Waals surface area contributed by atoms with Crippen molar-refractivity contribution in [3.05, 3.63) is 29.8 Å². The van der Waals surface area contributed by atoms with Gasteiger partial charge in [-0.05, 0) is 38.1 Å². The van der Waals surface area contributed by atoms with E-state index in [4.69, 9.17) is 5.11 Å². The molecule has 0 saturated carbocycles. The average molecular weight is 369 g/mol. The average Bonchev–Trinajstić information content (AvgIpc) is 2.84. The summed E-state index contributed by atoms with van der Waals surface area (Å²) in [6.45, 7) is 1.90. The van der Waals surface area contributed by atoms with Crippen molar-refractivity contribution >= 4 is 27.6 Å². The number of carbonyl (C=O) groups excluding carboxylic acids is 1. The first-order valence-electron chi connectivity index (χ1n) is 7.84. The summed E-state index contributed by atoms with van der Waals surface area (Å²) in [6, 6.07) is 5.92. The van der Waals surface area contributed by atoms with Crippen molar-refractivity contribution < 1.29 is 23.1 Å². The molecular weight excluding hydrogens is 346 g/mol. The number of likely N-dealkylation sites (N-methyl/N-ethyl adjacent to an activating group) is 1. The number of carboxylic acid groups (broad SMARTS) is 1. The second-order valence-corrected chi connectivity index (χ2v) is 8.31. The highest BCUT2D eigenvalue weighted by Crippen LogP contribution is 2.19. The predicted molar refractivity (Wildman–Crippen MR) is 94.0 cm³/mol. The topological polar surface area (TPSA) is 107 Å². The number of amides is 1. The van der Waals surface area contributed by atoms with E-state index in [1.807, 2.05) is 13.0 Å². The number of carbonyl (C=O) groups is 2. The second kappa shape index (κ2) is 7.40. The predicted octanol–water partition coefficient (Wildman–Crippen LogP) is 0.0345. The van der Waals surface area contributed by atoms with E-state index in [0.717, 1.165) is 16.1 Å². The van der Waals surface area contributed by atoms with Crippen molar-refractivity contribution in [3.8, 4) is 0 Å². The summed E-state index contributed by atoms with van der Waals surface area (Å²) in [6.07, 6.45) is 1.34. The van der Waals surface area contributed by atoms with Crippen LogP contribution in [-0.4, -0.2) is 68.8 Å². The Morgan fingerprint density at radius 3 is 2.60 bits per heavy atom. The molecule has 1 fully saturated rings. The van der Waals surface area contributed by atoms with Crippen LogP contribution in [0.2, 0.25) is 0 Å². The van der Waals surface area contributed by atoms with E-state index in [0.29, 0.717) is 18.7 Å². The molecule has 9 heteroatoms. The molecule has 138 valence electrons. The van der Waals surface area contributed by atoms with Crippen molar-refractivity contribution in [3.63, 3.8) is 0 Å². The highest BCUT2D eigenvalue weighted by atomic mass is 32.2. The molecule has 0 radical (unpaired) electrons. The van der Waals surface area contributed by atoms with Crippen LogP contribution in [0.15, 0.2) is 24.3 Å². The maximum atomic E-state index is 12.3. The number of anilines is 1. The van der Waals surface area contributed by atoms with Crippen LogP contribution in [0.25, 0.3) is 0 Å². The van der Waals surface area contributed by atoms with Crippen LogP contribution in [0.4, 0.5) is 5.69 Å². The van der Waals surface area contributed by atoms with Crippen molar-refractivity contribution in [2.24, 2.45) is 0 Å². The largest absolute Gasteiger partial charge is 0.480 e. The normalized spacial score (nSPS) is 21.1. The van der Waals surface area contributed by atoms with E-state index in [2.05, 4.69) is 5.32 Å².